The summed E-state index contributed by atoms with van der Waals surface area (Å²) in [5.41, 5.74) is 13.9. The number of benzene rings is 2. The molecule has 0 bridgehead atoms. The van der Waals surface area contributed by atoms with Crippen LogP contribution < -0.4 is 11.0 Å². The predicted molar refractivity (Wildman–Crippen MR) is 97.4 cm³/mol. The molecule has 0 amide bonds. The van der Waals surface area contributed by atoms with E-state index in [-0.39, 0.29) is 5.92 Å². The van der Waals surface area contributed by atoms with E-state index < -0.39 is 5.54 Å². The fourth-order valence-corrected chi connectivity index (χ4v) is 4.49. The van der Waals surface area contributed by atoms with E-state index in [1.807, 2.05) is 12.1 Å². The minimum absolute atomic E-state index is 0.260. The van der Waals surface area contributed by atoms with Gasteiger partial charge in [-0.15, -0.1) is 0 Å². The number of fused-ring (bicyclic) bond motifs is 5. The van der Waals surface area contributed by atoms with Crippen molar-refractivity contribution in [3.05, 3.63) is 70.8 Å². The Morgan fingerprint density at radius 2 is 2.09 bits per heavy atom. The third kappa shape index (κ3) is 1.69. The third-order valence-corrected chi connectivity index (χ3v) is 5.68. The maximum absolute atomic E-state index is 6.23. The number of nitrogens with one attached hydrogen (secondary N) is 1. The summed E-state index contributed by atoms with van der Waals surface area (Å²) in [5, 5.41) is 3.11. The molecule has 2 aliphatic rings. The van der Waals surface area contributed by atoms with E-state index >= 15 is 0 Å². The molecule has 2 aromatic rings. The van der Waals surface area contributed by atoms with Gasteiger partial charge in [0.1, 0.15) is 0 Å². The van der Waals surface area contributed by atoms with Crippen molar-refractivity contribution in [2.45, 2.75) is 37.6 Å². The van der Waals surface area contributed by atoms with Crippen LogP contribution in [0.5, 0.6) is 0 Å². The average Bonchev–Trinajstić information content (AvgIpc) is 2.99. The fraction of sp³-hybridized carbons (Fsp3) is 0.300. The van der Waals surface area contributed by atoms with Gasteiger partial charge in [-0.1, -0.05) is 50.8 Å². The molecule has 0 heterocycles. The second-order valence-electron chi connectivity index (χ2n) is 7.07. The summed E-state index contributed by atoms with van der Waals surface area (Å²) in [4.78, 5) is 0. The van der Waals surface area contributed by atoms with Gasteiger partial charge in [0.2, 0.25) is 0 Å². The second-order valence-corrected chi connectivity index (χ2v) is 7.07. The van der Waals surface area contributed by atoms with E-state index in [4.69, 9.17) is 13.7 Å². The molecule has 0 aromatic heterocycles. The van der Waals surface area contributed by atoms with Crippen LogP contribution in [-0.2, 0) is 12.0 Å². The van der Waals surface area contributed by atoms with Gasteiger partial charge in [-0.2, -0.15) is 0 Å². The first-order valence-electron chi connectivity index (χ1n) is 8.20. The molecule has 0 saturated heterocycles. The van der Waals surface area contributed by atoms with E-state index in [2.05, 4.69) is 49.9 Å². The lowest BCUT2D eigenvalue weighted by molar-refractivity contribution is 0.476. The average molecular weight is 300 g/mol. The lowest BCUT2D eigenvalue weighted by Crippen LogP contribution is -2.41. The molecule has 23 heavy (non-hydrogen) atoms. The maximum atomic E-state index is 6.23. The second kappa shape index (κ2) is 4.75. The van der Waals surface area contributed by atoms with Gasteiger partial charge in [0.15, 0.2) is 7.98 Å². The summed E-state index contributed by atoms with van der Waals surface area (Å²) in [6, 6.07) is 12.9. The van der Waals surface area contributed by atoms with Crippen LogP contribution in [0, 0.1) is 0 Å². The van der Waals surface area contributed by atoms with Crippen LogP contribution in [-0.4, -0.2) is 7.98 Å². The van der Waals surface area contributed by atoms with Gasteiger partial charge in [-0.05, 0) is 46.2 Å². The molecule has 3 heteroatoms. The lowest BCUT2D eigenvalue weighted by atomic mass is 9.80. The van der Waals surface area contributed by atoms with E-state index in [0.717, 1.165) is 23.2 Å². The Morgan fingerprint density at radius 1 is 1.30 bits per heavy atom. The molecule has 2 nitrogen and oxygen atoms in total. The van der Waals surface area contributed by atoms with Crippen LogP contribution in [0.1, 0.15) is 53.5 Å². The van der Waals surface area contributed by atoms with Crippen LogP contribution in [0.2, 0.25) is 0 Å². The minimum Gasteiger partial charge on any atom is -0.398 e. The van der Waals surface area contributed by atoms with Gasteiger partial charge in [-0.3, -0.25) is 0 Å². The summed E-state index contributed by atoms with van der Waals surface area (Å²) in [5.74, 6) is 0.782. The minimum atomic E-state index is -0.428. The molecular weight excluding hydrogens is 279 g/mol. The molecule has 2 aliphatic carbocycles. The smallest absolute Gasteiger partial charge is 0.179 e. The van der Waals surface area contributed by atoms with E-state index in [1.165, 1.54) is 22.3 Å². The number of nitrogens with two attached hydrogens (primary N) is 1. The van der Waals surface area contributed by atoms with Crippen molar-refractivity contribution in [1.29, 1.82) is 0 Å². The van der Waals surface area contributed by atoms with Gasteiger partial charge >= 0.3 is 0 Å². The maximum Gasteiger partial charge on any atom is 0.179 e. The van der Waals surface area contributed by atoms with Gasteiger partial charge in [0.05, 0.1) is 5.54 Å². The van der Waals surface area contributed by atoms with Crippen molar-refractivity contribution in [2.75, 3.05) is 5.73 Å². The van der Waals surface area contributed by atoms with Gasteiger partial charge < -0.3 is 11.0 Å². The summed E-state index contributed by atoms with van der Waals surface area (Å²) in [6.45, 7) is 8.83. The number of hydrogen-bond acceptors (Lipinski definition) is 2. The third-order valence-electron chi connectivity index (χ3n) is 5.68. The number of rotatable bonds is 2. The number of anilines is 1. The molecule has 0 spiro atoms. The zero-order valence-electron chi connectivity index (χ0n) is 13.7. The first kappa shape index (κ1) is 14.6. The molecule has 0 fully saturated rings. The Bertz CT molecular complexity index is 824. The van der Waals surface area contributed by atoms with Crippen molar-refractivity contribution in [2.24, 2.45) is 0 Å². The summed E-state index contributed by atoms with van der Waals surface area (Å²) < 4.78 is 0. The fourth-order valence-electron chi connectivity index (χ4n) is 4.49. The summed E-state index contributed by atoms with van der Waals surface area (Å²) >= 11 is 0. The van der Waals surface area contributed by atoms with Crippen LogP contribution in [0.4, 0.5) is 5.69 Å². The predicted octanol–water partition coefficient (Wildman–Crippen LogP) is 3.63. The van der Waals surface area contributed by atoms with Crippen molar-refractivity contribution >= 4 is 19.2 Å². The number of nitrogen functional groups attached to an aromatic ring is 1. The van der Waals surface area contributed by atoms with Gasteiger partial charge in [0.25, 0.3) is 0 Å². The first-order valence-corrected chi connectivity index (χ1v) is 8.20. The van der Waals surface area contributed by atoms with Crippen LogP contribution in [0.3, 0.4) is 0 Å². The zero-order valence-corrected chi connectivity index (χ0v) is 13.7. The SMILES string of the molecule is [B]NC12C(=C)c3c(N)cccc3C1Cc1cc(C(C)C)ccc12. The van der Waals surface area contributed by atoms with Crippen LogP contribution in [0.15, 0.2) is 43.0 Å². The molecule has 2 aromatic carbocycles. The standard InChI is InChI=1S/C20H21BN2/c1-11(2)13-7-8-16-14(9-13)10-17-15-5-4-6-18(22)19(15)12(3)20(16,17)23-21/h4-9,11,17,23H,3,10,22H2,1-2H3. The molecule has 2 unspecified atom stereocenters. The van der Waals surface area contributed by atoms with Crippen molar-refractivity contribution < 1.29 is 0 Å². The zero-order chi connectivity index (χ0) is 16.4. The lowest BCUT2D eigenvalue weighted by Gasteiger charge is -2.33. The molecule has 0 aliphatic heterocycles. The summed E-state index contributed by atoms with van der Waals surface area (Å²) in [6.07, 6.45) is 0.968. The highest BCUT2D eigenvalue weighted by atomic mass is 14.9. The molecular formula is C20H21BN2. The highest BCUT2D eigenvalue weighted by molar-refractivity contribution is 6.07. The van der Waals surface area contributed by atoms with Crippen molar-refractivity contribution in [3.63, 3.8) is 0 Å². The number of hydrogen-bond donors (Lipinski definition) is 2. The monoisotopic (exact) mass is 300 g/mol. The molecule has 2 atom stereocenters. The highest BCUT2D eigenvalue weighted by Gasteiger charge is 2.54. The normalized spacial score (nSPS) is 24.7. The molecule has 0 saturated carbocycles. The molecule has 114 valence electrons. The van der Waals surface area contributed by atoms with E-state index in [9.17, 15) is 0 Å². The van der Waals surface area contributed by atoms with Crippen LogP contribution >= 0.6 is 0 Å². The Morgan fingerprint density at radius 3 is 2.78 bits per heavy atom. The topological polar surface area (TPSA) is 38.0 Å². The molecule has 3 N–H and O–H groups in total. The molecule has 2 radical (unpaired) electrons. The van der Waals surface area contributed by atoms with Crippen molar-refractivity contribution in [1.82, 2.24) is 5.23 Å². The Kier molecular flexibility index (Phi) is 3.01. The Labute approximate surface area is 139 Å². The first-order chi connectivity index (χ1) is 11.0. The van der Waals surface area contributed by atoms with Crippen LogP contribution in [0.25, 0.3) is 5.57 Å². The Balaban J connectivity index is 1.94. The van der Waals surface area contributed by atoms with E-state index in [1.54, 1.807) is 0 Å². The summed E-state index contributed by atoms with van der Waals surface area (Å²) in [7, 11) is 6.09. The Hall–Kier alpha value is -2.00. The van der Waals surface area contributed by atoms with E-state index in [0.29, 0.717) is 5.92 Å². The largest absolute Gasteiger partial charge is 0.398 e. The van der Waals surface area contributed by atoms with Gasteiger partial charge in [-0.25, -0.2) is 0 Å². The van der Waals surface area contributed by atoms with Gasteiger partial charge in [0, 0.05) is 17.2 Å². The van der Waals surface area contributed by atoms with Crippen molar-refractivity contribution in [3.8, 4) is 0 Å². The molecule has 4 rings (SSSR count). The quantitative estimate of drug-likeness (QED) is 0.656. The highest BCUT2D eigenvalue weighted by Crippen LogP contribution is 2.60.